The molecule has 0 aliphatic rings. The summed E-state index contributed by atoms with van der Waals surface area (Å²) in [5.41, 5.74) is 0.346. The molecule has 0 spiro atoms. The zero-order valence-electron chi connectivity index (χ0n) is 7.50. The monoisotopic (exact) mass is 196 g/mol. The Morgan fingerprint density at radius 1 is 1.36 bits per heavy atom. The third-order valence-corrected chi connectivity index (χ3v) is 1.89. The van der Waals surface area contributed by atoms with Gasteiger partial charge < -0.3 is 5.11 Å². The second-order valence-electron chi connectivity index (χ2n) is 2.93. The van der Waals surface area contributed by atoms with Crippen LogP contribution in [0.3, 0.4) is 0 Å². The van der Waals surface area contributed by atoms with Crippen LogP contribution < -0.4 is 0 Å². The largest absolute Gasteiger partial charge is 0.388 e. The minimum atomic E-state index is -0.956. The minimum absolute atomic E-state index is 0.346. The predicted octanol–water partition coefficient (Wildman–Crippen LogP) is 2.41. The Bertz CT molecular complexity index is 355. The number of terminal acetylenes is 1. The van der Waals surface area contributed by atoms with Gasteiger partial charge in [0.25, 0.3) is 0 Å². The van der Waals surface area contributed by atoms with E-state index >= 15 is 0 Å². The molecular formula is C11H10F2O. The fraction of sp³-hybridized carbons (Fsp3) is 0.273. The van der Waals surface area contributed by atoms with Crippen molar-refractivity contribution in [1.29, 1.82) is 0 Å². The van der Waals surface area contributed by atoms with Gasteiger partial charge in [0.1, 0.15) is 0 Å². The number of aliphatic hydroxyl groups excluding tert-OH is 1. The van der Waals surface area contributed by atoms with Crippen LogP contribution in [0.2, 0.25) is 0 Å². The van der Waals surface area contributed by atoms with Crippen LogP contribution >= 0.6 is 0 Å². The zero-order valence-corrected chi connectivity index (χ0v) is 7.50. The lowest BCUT2D eigenvalue weighted by atomic mass is 10.1. The molecule has 1 N–H and O–H groups in total. The van der Waals surface area contributed by atoms with Gasteiger partial charge in [-0.2, -0.15) is 0 Å². The van der Waals surface area contributed by atoms with E-state index in [0.29, 0.717) is 18.4 Å². The highest BCUT2D eigenvalue weighted by atomic mass is 19.2. The maximum atomic E-state index is 12.7. The molecule has 0 bridgehead atoms. The molecule has 0 amide bonds. The maximum Gasteiger partial charge on any atom is 0.159 e. The average Bonchev–Trinajstić information content (AvgIpc) is 2.18. The van der Waals surface area contributed by atoms with E-state index in [0.717, 1.165) is 12.1 Å². The van der Waals surface area contributed by atoms with Crippen LogP contribution in [0.25, 0.3) is 0 Å². The first kappa shape index (κ1) is 10.7. The van der Waals surface area contributed by atoms with Gasteiger partial charge in [0.05, 0.1) is 6.10 Å². The highest BCUT2D eigenvalue weighted by Gasteiger charge is 2.09. The topological polar surface area (TPSA) is 20.2 Å². The third kappa shape index (κ3) is 2.54. The molecule has 0 aliphatic heterocycles. The molecule has 14 heavy (non-hydrogen) atoms. The molecule has 1 aromatic carbocycles. The normalized spacial score (nSPS) is 12.1. The second-order valence-corrected chi connectivity index (χ2v) is 2.93. The van der Waals surface area contributed by atoms with Crippen LogP contribution in [-0.4, -0.2) is 5.11 Å². The number of halogens is 2. The van der Waals surface area contributed by atoms with E-state index in [9.17, 15) is 13.9 Å². The van der Waals surface area contributed by atoms with Crippen LogP contribution in [-0.2, 0) is 0 Å². The number of hydrogen-bond acceptors (Lipinski definition) is 1. The van der Waals surface area contributed by atoms with Crippen molar-refractivity contribution in [2.45, 2.75) is 18.9 Å². The van der Waals surface area contributed by atoms with Crippen LogP contribution in [0.5, 0.6) is 0 Å². The Balaban J connectivity index is 2.76. The molecule has 1 atom stereocenters. The summed E-state index contributed by atoms with van der Waals surface area (Å²) in [6.45, 7) is 0. The van der Waals surface area contributed by atoms with Crippen molar-refractivity contribution in [3.63, 3.8) is 0 Å². The Kier molecular flexibility index (Phi) is 3.61. The fourth-order valence-electron chi connectivity index (χ4n) is 1.11. The van der Waals surface area contributed by atoms with Crippen molar-refractivity contribution in [3.8, 4) is 12.3 Å². The van der Waals surface area contributed by atoms with Crippen LogP contribution in [0.15, 0.2) is 18.2 Å². The molecule has 0 aromatic heterocycles. The van der Waals surface area contributed by atoms with Crippen molar-refractivity contribution in [3.05, 3.63) is 35.4 Å². The van der Waals surface area contributed by atoms with Crippen molar-refractivity contribution >= 4 is 0 Å². The van der Waals surface area contributed by atoms with Gasteiger partial charge >= 0.3 is 0 Å². The zero-order chi connectivity index (χ0) is 10.6. The number of benzene rings is 1. The van der Waals surface area contributed by atoms with Gasteiger partial charge in [-0.25, -0.2) is 8.78 Å². The third-order valence-electron chi connectivity index (χ3n) is 1.89. The van der Waals surface area contributed by atoms with Crippen LogP contribution in [0.1, 0.15) is 24.5 Å². The number of aliphatic hydroxyl groups is 1. The molecule has 1 rings (SSSR count). The van der Waals surface area contributed by atoms with Gasteiger partial charge in [-0.3, -0.25) is 0 Å². The molecular weight excluding hydrogens is 186 g/mol. The van der Waals surface area contributed by atoms with E-state index in [2.05, 4.69) is 5.92 Å². The second kappa shape index (κ2) is 4.73. The maximum absolute atomic E-state index is 12.7. The lowest BCUT2D eigenvalue weighted by Crippen LogP contribution is -1.98. The van der Waals surface area contributed by atoms with Gasteiger partial charge in [0, 0.05) is 6.42 Å². The molecule has 1 nitrogen and oxygen atoms in total. The van der Waals surface area contributed by atoms with E-state index < -0.39 is 17.7 Å². The van der Waals surface area contributed by atoms with E-state index in [-0.39, 0.29) is 0 Å². The highest BCUT2D eigenvalue weighted by molar-refractivity contribution is 5.20. The Morgan fingerprint density at radius 3 is 2.64 bits per heavy atom. The summed E-state index contributed by atoms with van der Waals surface area (Å²) in [5, 5.41) is 9.48. The first-order valence-corrected chi connectivity index (χ1v) is 4.21. The van der Waals surface area contributed by atoms with Crippen molar-refractivity contribution in [2.75, 3.05) is 0 Å². The van der Waals surface area contributed by atoms with Gasteiger partial charge in [0.15, 0.2) is 11.6 Å². The average molecular weight is 196 g/mol. The summed E-state index contributed by atoms with van der Waals surface area (Å²) in [6.07, 6.45) is 4.93. The van der Waals surface area contributed by atoms with Gasteiger partial charge in [0.2, 0.25) is 0 Å². The summed E-state index contributed by atoms with van der Waals surface area (Å²) in [4.78, 5) is 0. The summed E-state index contributed by atoms with van der Waals surface area (Å²) < 4.78 is 25.3. The molecule has 74 valence electrons. The molecule has 3 heteroatoms. The van der Waals surface area contributed by atoms with Gasteiger partial charge in [-0.1, -0.05) is 6.07 Å². The molecule has 1 unspecified atom stereocenters. The Labute approximate surface area is 81.4 Å². The summed E-state index contributed by atoms with van der Waals surface area (Å²) in [5.74, 6) is 0.492. The lowest BCUT2D eigenvalue weighted by molar-refractivity contribution is 0.169. The molecule has 0 saturated heterocycles. The predicted molar refractivity (Wildman–Crippen MR) is 49.4 cm³/mol. The molecule has 0 aliphatic carbocycles. The number of hydrogen-bond donors (Lipinski definition) is 1. The first-order chi connectivity index (χ1) is 6.65. The smallest absolute Gasteiger partial charge is 0.159 e. The van der Waals surface area contributed by atoms with E-state index in [1.54, 1.807) is 0 Å². The fourth-order valence-corrected chi connectivity index (χ4v) is 1.11. The Morgan fingerprint density at radius 2 is 2.07 bits per heavy atom. The van der Waals surface area contributed by atoms with Gasteiger partial charge in [-0.05, 0) is 24.1 Å². The van der Waals surface area contributed by atoms with Crippen LogP contribution in [0, 0.1) is 24.0 Å². The van der Waals surface area contributed by atoms with E-state index in [1.165, 1.54) is 6.07 Å². The molecule has 0 heterocycles. The molecule has 0 radical (unpaired) electrons. The number of rotatable bonds is 3. The standard InChI is InChI=1S/C11H10F2O/c1-2-3-4-11(14)8-5-6-9(12)10(13)7-8/h1,5-7,11,14H,3-4H2. The SMILES string of the molecule is C#CCCC(O)c1ccc(F)c(F)c1. The van der Waals surface area contributed by atoms with E-state index in [4.69, 9.17) is 6.42 Å². The van der Waals surface area contributed by atoms with Crippen molar-refractivity contribution in [2.24, 2.45) is 0 Å². The van der Waals surface area contributed by atoms with Crippen molar-refractivity contribution in [1.82, 2.24) is 0 Å². The highest BCUT2D eigenvalue weighted by Crippen LogP contribution is 2.19. The molecule has 0 saturated carbocycles. The molecule has 0 fully saturated rings. The Hall–Kier alpha value is -1.40. The van der Waals surface area contributed by atoms with Crippen molar-refractivity contribution < 1.29 is 13.9 Å². The van der Waals surface area contributed by atoms with Crippen LogP contribution in [0.4, 0.5) is 8.78 Å². The van der Waals surface area contributed by atoms with E-state index in [1.807, 2.05) is 0 Å². The summed E-state index contributed by atoms with van der Waals surface area (Å²) in [7, 11) is 0. The summed E-state index contributed by atoms with van der Waals surface area (Å²) >= 11 is 0. The minimum Gasteiger partial charge on any atom is -0.388 e. The molecule has 1 aromatic rings. The quantitative estimate of drug-likeness (QED) is 0.736. The van der Waals surface area contributed by atoms with Gasteiger partial charge in [-0.15, -0.1) is 12.3 Å². The summed E-state index contributed by atoms with van der Waals surface area (Å²) in [6, 6.07) is 3.32. The lowest BCUT2D eigenvalue weighted by Gasteiger charge is -2.08. The first-order valence-electron chi connectivity index (χ1n) is 4.21.